The molecule has 0 aliphatic heterocycles. The van der Waals surface area contributed by atoms with Gasteiger partial charge in [0.15, 0.2) is 0 Å². The second-order valence-electron chi connectivity index (χ2n) is 3.01. The van der Waals surface area contributed by atoms with Gasteiger partial charge in [0.2, 0.25) is 0 Å². The number of tetrazole rings is 1. The van der Waals surface area contributed by atoms with Crippen molar-refractivity contribution in [3.05, 3.63) is 35.9 Å². The molecule has 0 radical (unpaired) electrons. The lowest BCUT2D eigenvalue weighted by molar-refractivity contribution is 0.0967. The Morgan fingerprint density at radius 2 is 1.94 bits per heavy atom. The summed E-state index contributed by atoms with van der Waals surface area (Å²) in [5.41, 5.74) is 0.385. The first-order valence-corrected chi connectivity index (χ1v) is 4.66. The zero-order chi connectivity index (χ0) is 12.1. The van der Waals surface area contributed by atoms with E-state index < -0.39 is 11.9 Å². The maximum Gasteiger partial charge on any atom is 0.328 e. The Kier molecular flexibility index (Phi) is 3.05. The number of imide groups is 1. The number of aromatic amines is 1. The number of hydrogen-bond donors (Lipinski definition) is 3. The van der Waals surface area contributed by atoms with E-state index >= 15 is 0 Å². The minimum atomic E-state index is -0.722. The average molecular weight is 232 g/mol. The van der Waals surface area contributed by atoms with Crippen LogP contribution in [-0.4, -0.2) is 32.6 Å². The molecule has 2 aromatic rings. The number of benzene rings is 1. The number of urea groups is 1. The van der Waals surface area contributed by atoms with E-state index in [1.807, 2.05) is 0 Å². The van der Waals surface area contributed by atoms with Crippen molar-refractivity contribution in [1.29, 1.82) is 0 Å². The summed E-state index contributed by atoms with van der Waals surface area (Å²) in [4.78, 5) is 22.9. The highest BCUT2D eigenvalue weighted by Crippen LogP contribution is 1.98. The van der Waals surface area contributed by atoms with Gasteiger partial charge in [-0.15, -0.1) is 5.10 Å². The summed E-state index contributed by atoms with van der Waals surface area (Å²) in [7, 11) is 0. The van der Waals surface area contributed by atoms with Gasteiger partial charge in [-0.1, -0.05) is 23.3 Å². The molecule has 0 spiro atoms. The predicted octanol–water partition coefficient (Wildman–Crippen LogP) is 0.162. The van der Waals surface area contributed by atoms with Crippen LogP contribution in [0.1, 0.15) is 10.4 Å². The molecule has 3 amide bonds. The summed E-state index contributed by atoms with van der Waals surface area (Å²) in [5.74, 6) is -0.519. The first kappa shape index (κ1) is 10.7. The van der Waals surface area contributed by atoms with Crippen molar-refractivity contribution in [2.75, 3.05) is 5.32 Å². The number of amides is 3. The topological polar surface area (TPSA) is 113 Å². The number of nitrogens with zero attached hydrogens (tertiary/aromatic N) is 3. The molecule has 3 N–H and O–H groups in total. The number of anilines is 1. The fourth-order valence-corrected chi connectivity index (χ4v) is 1.11. The van der Waals surface area contributed by atoms with E-state index in [9.17, 15) is 9.59 Å². The van der Waals surface area contributed by atoms with E-state index in [4.69, 9.17) is 0 Å². The lowest BCUT2D eigenvalue weighted by Crippen LogP contribution is -2.34. The number of hydrogen-bond acceptors (Lipinski definition) is 5. The van der Waals surface area contributed by atoms with Gasteiger partial charge in [-0.05, 0) is 17.3 Å². The van der Waals surface area contributed by atoms with Crippen LogP contribution in [0.15, 0.2) is 30.3 Å². The fraction of sp³-hybridized carbons (Fsp3) is 0. The van der Waals surface area contributed by atoms with Crippen molar-refractivity contribution in [1.82, 2.24) is 25.9 Å². The fourth-order valence-electron chi connectivity index (χ4n) is 1.11. The maximum absolute atomic E-state index is 11.5. The summed E-state index contributed by atoms with van der Waals surface area (Å²) in [6, 6.07) is 7.64. The van der Waals surface area contributed by atoms with Gasteiger partial charge < -0.3 is 0 Å². The Morgan fingerprint density at radius 3 is 2.59 bits per heavy atom. The van der Waals surface area contributed by atoms with Crippen LogP contribution in [0.5, 0.6) is 0 Å². The largest absolute Gasteiger partial charge is 0.328 e. The lowest BCUT2D eigenvalue weighted by Gasteiger charge is -2.02. The number of nitrogens with one attached hydrogen (secondary N) is 3. The molecule has 1 aromatic carbocycles. The summed E-state index contributed by atoms with van der Waals surface area (Å²) in [6.07, 6.45) is 0. The molecule has 0 atom stereocenters. The molecule has 8 nitrogen and oxygen atoms in total. The van der Waals surface area contributed by atoms with Crippen LogP contribution in [-0.2, 0) is 0 Å². The molecule has 0 saturated carbocycles. The van der Waals surface area contributed by atoms with Crippen LogP contribution in [0.25, 0.3) is 0 Å². The van der Waals surface area contributed by atoms with E-state index in [-0.39, 0.29) is 5.95 Å². The van der Waals surface area contributed by atoms with Crippen LogP contribution in [0.3, 0.4) is 0 Å². The summed E-state index contributed by atoms with van der Waals surface area (Å²) in [6.45, 7) is 0. The van der Waals surface area contributed by atoms with Crippen molar-refractivity contribution in [2.45, 2.75) is 0 Å². The third kappa shape index (κ3) is 2.84. The van der Waals surface area contributed by atoms with Crippen molar-refractivity contribution >= 4 is 17.9 Å². The highest BCUT2D eigenvalue weighted by atomic mass is 16.2. The summed E-state index contributed by atoms with van der Waals surface area (Å²) in [5, 5.41) is 16.8. The number of H-pyrrole nitrogens is 1. The zero-order valence-corrected chi connectivity index (χ0v) is 8.54. The smallest absolute Gasteiger partial charge is 0.274 e. The molecule has 0 fully saturated rings. The quantitative estimate of drug-likeness (QED) is 0.682. The Morgan fingerprint density at radius 1 is 1.18 bits per heavy atom. The van der Waals surface area contributed by atoms with Crippen LogP contribution in [0.4, 0.5) is 10.7 Å². The first-order chi connectivity index (χ1) is 8.25. The summed E-state index contributed by atoms with van der Waals surface area (Å²) < 4.78 is 0. The number of rotatable bonds is 2. The van der Waals surface area contributed by atoms with E-state index in [1.165, 1.54) is 0 Å². The predicted molar refractivity (Wildman–Crippen MR) is 57.1 cm³/mol. The Balaban J connectivity index is 1.93. The van der Waals surface area contributed by atoms with Crippen molar-refractivity contribution in [3.8, 4) is 0 Å². The van der Waals surface area contributed by atoms with Crippen LogP contribution < -0.4 is 10.6 Å². The van der Waals surface area contributed by atoms with Crippen molar-refractivity contribution < 1.29 is 9.59 Å². The Bertz CT molecular complexity index is 510. The third-order valence-corrected chi connectivity index (χ3v) is 1.83. The molecule has 0 unspecified atom stereocenters. The molecule has 1 aromatic heterocycles. The molecule has 0 aliphatic rings. The third-order valence-electron chi connectivity index (χ3n) is 1.83. The maximum atomic E-state index is 11.5. The molecule has 17 heavy (non-hydrogen) atoms. The Hall–Kier alpha value is -2.77. The van der Waals surface area contributed by atoms with Crippen LogP contribution >= 0.6 is 0 Å². The highest BCUT2D eigenvalue weighted by molar-refractivity contribution is 6.07. The van der Waals surface area contributed by atoms with Crippen molar-refractivity contribution in [2.24, 2.45) is 0 Å². The molecule has 0 saturated heterocycles. The molecule has 0 bridgehead atoms. The van der Waals surface area contributed by atoms with E-state index in [1.54, 1.807) is 30.3 Å². The monoisotopic (exact) mass is 232 g/mol. The SMILES string of the molecule is O=C(NC(=O)c1ccccc1)Nc1nn[nH]n1. The average Bonchev–Trinajstić information content (AvgIpc) is 2.82. The van der Waals surface area contributed by atoms with Gasteiger partial charge in [0, 0.05) is 5.56 Å². The van der Waals surface area contributed by atoms with E-state index in [0.29, 0.717) is 5.56 Å². The van der Waals surface area contributed by atoms with Crippen LogP contribution in [0.2, 0.25) is 0 Å². The van der Waals surface area contributed by atoms with Gasteiger partial charge in [0.05, 0.1) is 0 Å². The van der Waals surface area contributed by atoms with Gasteiger partial charge in [-0.2, -0.15) is 5.21 Å². The number of carbonyl (C=O) groups is 2. The molecule has 2 rings (SSSR count). The summed E-state index contributed by atoms with van der Waals surface area (Å²) >= 11 is 0. The van der Waals surface area contributed by atoms with Gasteiger partial charge >= 0.3 is 6.03 Å². The van der Waals surface area contributed by atoms with E-state index in [0.717, 1.165) is 0 Å². The molecule has 0 aliphatic carbocycles. The van der Waals surface area contributed by atoms with Crippen LogP contribution in [0, 0.1) is 0 Å². The van der Waals surface area contributed by atoms with Gasteiger partial charge in [-0.3, -0.25) is 15.4 Å². The van der Waals surface area contributed by atoms with E-state index in [2.05, 4.69) is 31.3 Å². The molecule has 86 valence electrons. The normalized spacial score (nSPS) is 9.65. The molecular formula is C9H8N6O2. The van der Waals surface area contributed by atoms with Gasteiger partial charge in [0.1, 0.15) is 0 Å². The number of carbonyl (C=O) groups excluding carboxylic acids is 2. The first-order valence-electron chi connectivity index (χ1n) is 4.66. The molecule has 1 heterocycles. The van der Waals surface area contributed by atoms with Crippen molar-refractivity contribution in [3.63, 3.8) is 0 Å². The second kappa shape index (κ2) is 4.84. The minimum absolute atomic E-state index is 0.0108. The Labute approximate surface area is 95.4 Å². The van der Waals surface area contributed by atoms with Gasteiger partial charge in [-0.25, -0.2) is 4.79 Å². The van der Waals surface area contributed by atoms with Gasteiger partial charge in [0.25, 0.3) is 11.9 Å². The molecule has 8 heteroatoms. The second-order valence-corrected chi connectivity index (χ2v) is 3.01. The zero-order valence-electron chi connectivity index (χ0n) is 8.54. The molecular weight excluding hydrogens is 224 g/mol. The number of aromatic nitrogens is 4. The highest BCUT2D eigenvalue weighted by Gasteiger charge is 2.10. The minimum Gasteiger partial charge on any atom is -0.274 e. The lowest BCUT2D eigenvalue weighted by atomic mass is 10.2. The standard InChI is InChI=1S/C9H8N6O2/c16-7(6-4-2-1-3-5-6)10-9(17)11-8-12-14-15-13-8/h1-5H,(H3,10,11,12,13,14,15,16,17).